The van der Waals surface area contributed by atoms with E-state index in [1.165, 1.54) is 12.1 Å². The van der Waals surface area contributed by atoms with Gasteiger partial charge in [0.1, 0.15) is 5.82 Å². The summed E-state index contributed by atoms with van der Waals surface area (Å²) in [5.41, 5.74) is 2.58. The van der Waals surface area contributed by atoms with E-state index in [9.17, 15) is 9.18 Å². The second-order valence-electron chi connectivity index (χ2n) is 6.35. The summed E-state index contributed by atoms with van der Waals surface area (Å²) in [4.78, 5) is 14.9. The zero-order valence-electron chi connectivity index (χ0n) is 15.0. The molecular formula is C18H28FN2OY+. The maximum atomic E-state index is 13.5. The van der Waals surface area contributed by atoms with Gasteiger partial charge in [-0.1, -0.05) is 0 Å². The Labute approximate surface area is 164 Å². The summed E-state index contributed by atoms with van der Waals surface area (Å²) in [5.74, 6) is -0.0360. The third kappa shape index (κ3) is 3.70. The molecule has 1 fully saturated rings. The van der Waals surface area contributed by atoms with Crippen molar-refractivity contribution in [2.45, 2.75) is 47.1 Å². The van der Waals surface area contributed by atoms with Crippen molar-refractivity contribution in [2.24, 2.45) is 0 Å². The number of aryl methyl sites for hydroxylation is 2. The van der Waals surface area contributed by atoms with Crippen LogP contribution < -0.4 is 4.90 Å². The molecule has 5 heteroatoms. The van der Waals surface area contributed by atoms with E-state index >= 15 is 0 Å². The topological polar surface area (TPSA) is 20.3 Å². The minimum atomic E-state index is -0.234. The van der Waals surface area contributed by atoms with E-state index in [1.807, 2.05) is 18.7 Å². The summed E-state index contributed by atoms with van der Waals surface area (Å²) >= 11 is 0. The van der Waals surface area contributed by atoms with Crippen LogP contribution in [0.1, 0.15) is 38.3 Å². The Morgan fingerprint density at radius 3 is 2.04 bits per heavy atom. The maximum absolute atomic E-state index is 13.5. The molecule has 1 heterocycles. The summed E-state index contributed by atoms with van der Waals surface area (Å²) < 4.78 is 14.4. The molecule has 1 aliphatic heterocycles. The molecule has 0 bridgehead atoms. The Hall–Kier alpha value is -0.316. The van der Waals surface area contributed by atoms with Gasteiger partial charge in [-0.2, -0.15) is 0 Å². The van der Waals surface area contributed by atoms with Gasteiger partial charge in [0.05, 0.1) is 19.6 Å². The van der Waals surface area contributed by atoms with E-state index in [0.29, 0.717) is 0 Å². The number of carbonyl (C=O) groups is 1. The predicted octanol–water partition coefficient (Wildman–Crippen LogP) is 3.42. The number of hydrogen-bond acceptors (Lipinski definition) is 1. The van der Waals surface area contributed by atoms with Gasteiger partial charge in [-0.05, 0) is 57.9 Å². The number of likely N-dealkylation sites (N-methyl/N-ethyl adjacent to an activating group) is 1. The van der Waals surface area contributed by atoms with Crippen LogP contribution in [-0.2, 0) is 37.5 Å². The molecular weight excluding hydrogens is 368 g/mol. The second kappa shape index (κ2) is 8.18. The van der Waals surface area contributed by atoms with Crippen LogP contribution in [0.4, 0.5) is 10.1 Å². The molecule has 125 valence electrons. The van der Waals surface area contributed by atoms with E-state index in [4.69, 9.17) is 0 Å². The molecule has 2 rings (SSSR count). The zero-order valence-corrected chi connectivity index (χ0v) is 17.9. The Bertz CT molecular complexity index is 541. The van der Waals surface area contributed by atoms with Crippen LogP contribution >= 0.6 is 0 Å². The normalized spacial score (nSPS) is 18.3. The van der Waals surface area contributed by atoms with Crippen LogP contribution in [0.5, 0.6) is 0 Å². The van der Waals surface area contributed by atoms with Gasteiger partial charge in [0.2, 0.25) is 0 Å². The molecule has 1 unspecified atom stereocenters. The quantitative estimate of drug-likeness (QED) is 0.699. The van der Waals surface area contributed by atoms with Crippen molar-refractivity contribution in [1.82, 2.24) is 0 Å². The fourth-order valence-corrected chi connectivity index (χ4v) is 4.06. The van der Waals surface area contributed by atoms with Gasteiger partial charge < -0.3 is 9.38 Å². The summed E-state index contributed by atoms with van der Waals surface area (Å²) in [6, 6.07) is 3.07. The third-order valence-corrected chi connectivity index (χ3v) is 5.45. The van der Waals surface area contributed by atoms with Gasteiger partial charge in [0, 0.05) is 51.4 Å². The number of amides is 1. The first-order chi connectivity index (χ1) is 10.4. The SMILES string of the molecule is CC[N+](CC)(CC)C1CCN(c2c(C)cc(F)cc2C)C1=O.[Y]. The Kier molecular flexibility index (Phi) is 7.37. The minimum Gasteiger partial charge on any atom is -0.314 e. The second-order valence-corrected chi connectivity index (χ2v) is 6.35. The molecule has 23 heavy (non-hydrogen) atoms. The van der Waals surface area contributed by atoms with E-state index < -0.39 is 0 Å². The van der Waals surface area contributed by atoms with Gasteiger partial charge in [0.15, 0.2) is 6.04 Å². The van der Waals surface area contributed by atoms with Crippen molar-refractivity contribution in [3.8, 4) is 0 Å². The van der Waals surface area contributed by atoms with Crippen LogP contribution in [0.3, 0.4) is 0 Å². The average molecular weight is 396 g/mol. The molecule has 0 aromatic heterocycles. The first-order valence-corrected chi connectivity index (χ1v) is 8.34. The van der Waals surface area contributed by atoms with Crippen molar-refractivity contribution in [3.05, 3.63) is 29.1 Å². The van der Waals surface area contributed by atoms with Crippen molar-refractivity contribution < 1.29 is 46.4 Å². The van der Waals surface area contributed by atoms with E-state index in [-0.39, 0.29) is 50.5 Å². The molecule has 1 amide bonds. The molecule has 1 aliphatic rings. The van der Waals surface area contributed by atoms with Crippen molar-refractivity contribution >= 4 is 11.6 Å². The van der Waals surface area contributed by atoms with Gasteiger partial charge in [-0.3, -0.25) is 4.79 Å². The third-order valence-electron chi connectivity index (χ3n) is 5.45. The van der Waals surface area contributed by atoms with Gasteiger partial charge in [0.25, 0.3) is 5.91 Å². The molecule has 0 saturated carbocycles. The van der Waals surface area contributed by atoms with Crippen LogP contribution in [0.15, 0.2) is 12.1 Å². The summed E-state index contributed by atoms with van der Waals surface area (Å²) in [7, 11) is 0. The summed E-state index contributed by atoms with van der Waals surface area (Å²) in [5, 5.41) is 0. The molecule has 3 nitrogen and oxygen atoms in total. The number of nitrogens with zero attached hydrogens (tertiary/aromatic N) is 2. The van der Waals surface area contributed by atoms with Gasteiger partial charge >= 0.3 is 0 Å². The molecule has 1 saturated heterocycles. The van der Waals surface area contributed by atoms with Crippen LogP contribution in [0.2, 0.25) is 0 Å². The van der Waals surface area contributed by atoms with Crippen molar-refractivity contribution in [1.29, 1.82) is 0 Å². The number of benzene rings is 1. The number of carbonyl (C=O) groups excluding carboxylic acids is 1. The van der Waals surface area contributed by atoms with Gasteiger partial charge in [-0.25, -0.2) is 4.39 Å². The minimum absolute atomic E-state index is 0. The Balaban J connectivity index is 0.00000264. The van der Waals surface area contributed by atoms with E-state index in [2.05, 4.69) is 20.8 Å². The number of hydrogen-bond donors (Lipinski definition) is 0. The smallest absolute Gasteiger partial charge is 0.285 e. The van der Waals surface area contributed by atoms with Crippen molar-refractivity contribution in [3.63, 3.8) is 0 Å². The van der Waals surface area contributed by atoms with E-state index in [1.54, 1.807) is 0 Å². The predicted molar refractivity (Wildman–Crippen MR) is 88.5 cm³/mol. The molecule has 1 atom stereocenters. The molecule has 1 aromatic rings. The number of quaternary nitrogens is 1. The van der Waals surface area contributed by atoms with Crippen molar-refractivity contribution in [2.75, 3.05) is 31.1 Å². The summed E-state index contributed by atoms with van der Waals surface area (Å²) in [6.45, 7) is 13.9. The maximum Gasteiger partial charge on any atom is 0.285 e. The monoisotopic (exact) mass is 396 g/mol. The Morgan fingerprint density at radius 2 is 1.61 bits per heavy atom. The fourth-order valence-electron chi connectivity index (χ4n) is 4.06. The number of rotatable bonds is 5. The van der Waals surface area contributed by atoms with Gasteiger partial charge in [-0.15, -0.1) is 0 Å². The molecule has 1 radical (unpaired) electrons. The number of anilines is 1. The molecule has 0 spiro atoms. The molecule has 1 aromatic carbocycles. The molecule has 0 N–H and O–H groups in total. The number of halogens is 1. The Morgan fingerprint density at radius 1 is 1.13 bits per heavy atom. The summed E-state index contributed by atoms with van der Waals surface area (Å²) in [6.07, 6.45) is 0.880. The largest absolute Gasteiger partial charge is 0.314 e. The molecule has 0 aliphatic carbocycles. The average Bonchev–Trinajstić information content (AvgIpc) is 2.84. The fraction of sp³-hybridized carbons (Fsp3) is 0.611. The first kappa shape index (κ1) is 20.7. The van der Waals surface area contributed by atoms with Crippen LogP contribution in [0, 0.1) is 19.7 Å². The standard InChI is InChI=1S/C18H28FN2O.Y/c1-6-21(7-2,8-3)16-9-10-20(18(16)22)17-13(4)11-15(19)12-14(17)5;/h11-12,16H,6-10H2,1-5H3;/q+1;. The first-order valence-electron chi connectivity index (χ1n) is 8.34. The van der Waals surface area contributed by atoms with Crippen LogP contribution in [0.25, 0.3) is 0 Å². The van der Waals surface area contributed by atoms with E-state index in [0.717, 1.165) is 53.9 Å². The zero-order chi connectivity index (χ0) is 16.5. The van der Waals surface area contributed by atoms with Crippen LogP contribution in [-0.4, -0.2) is 42.6 Å².